The molecule has 2 heterocycles. The van der Waals surface area contributed by atoms with Crippen LogP contribution in [0.15, 0.2) is 73.1 Å². The molecule has 4 rings (SSSR count). The number of hydrogen-bond acceptors (Lipinski definition) is 4. The smallest absolute Gasteiger partial charge is 0.260 e. The minimum Gasteiger partial charge on any atom is -0.338 e. The predicted octanol–water partition coefficient (Wildman–Crippen LogP) is 6.41. The van der Waals surface area contributed by atoms with Crippen molar-refractivity contribution in [1.82, 2.24) is 20.1 Å². The van der Waals surface area contributed by atoms with Crippen LogP contribution in [0.3, 0.4) is 0 Å². The van der Waals surface area contributed by atoms with E-state index in [4.69, 9.17) is 5.41 Å². The van der Waals surface area contributed by atoms with Crippen molar-refractivity contribution in [3.63, 3.8) is 0 Å². The molecule has 2 N–H and O–H groups in total. The van der Waals surface area contributed by atoms with Gasteiger partial charge in [0.05, 0.1) is 12.6 Å². The molecule has 0 aliphatic carbocycles. The van der Waals surface area contributed by atoms with Crippen LogP contribution in [0, 0.1) is 11.3 Å². The van der Waals surface area contributed by atoms with Gasteiger partial charge in [-0.3, -0.25) is 24.9 Å². The summed E-state index contributed by atoms with van der Waals surface area (Å²) in [6, 6.07) is 19.3. The van der Waals surface area contributed by atoms with Gasteiger partial charge in [0.15, 0.2) is 5.96 Å². The van der Waals surface area contributed by atoms with E-state index in [1.54, 1.807) is 17.3 Å². The first-order valence-corrected chi connectivity index (χ1v) is 14.4. The Kier molecular flexibility index (Phi) is 8.66. The molecule has 2 atom stereocenters. The van der Waals surface area contributed by atoms with Crippen molar-refractivity contribution < 1.29 is 9.59 Å². The highest BCUT2D eigenvalue weighted by molar-refractivity contribution is 6.08. The molecule has 1 aliphatic rings. The van der Waals surface area contributed by atoms with Crippen LogP contribution in [0.4, 0.5) is 0 Å². The largest absolute Gasteiger partial charge is 0.338 e. The molecule has 0 saturated carbocycles. The second-order valence-electron chi connectivity index (χ2n) is 12.6. The van der Waals surface area contributed by atoms with E-state index < -0.39 is 5.54 Å². The predicted molar refractivity (Wildman–Crippen MR) is 163 cm³/mol. The van der Waals surface area contributed by atoms with Crippen LogP contribution in [0.25, 0.3) is 0 Å². The second kappa shape index (κ2) is 11.9. The highest BCUT2D eigenvalue weighted by Gasteiger charge is 2.50. The fourth-order valence-electron chi connectivity index (χ4n) is 5.48. The molecule has 1 unspecified atom stereocenters. The van der Waals surface area contributed by atoms with Gasteiger partial charge in [-0.05, 0) is 71.6 Å². The molecule has 1 saturated heterocycles. The maximum absolute atomic E-state index is 14.1. The number of aromatic nitrogens is 1. The number of carbonyl (C=O) groups excluding carboxylic acids is 2. The Morgan fingerprint density at radius 1 is 1.05 bits per heavy atom. The van der Waals surface area contributed by atoms with Crippen LogP contribution in [0.2, 0.25) is 0 Å². The lowest BCUT2D eigenvalue weighted by atomic mass is 9.82. The highest BCUT2D eigenvalue weighted by atomic mass is 16.2. The zero-order valence-corrected chi connectivity index (χ0v) is 25.4. The Hall–Kier alpha value is -4.00. The summed E-state index contributed by atoms with van der Waals surface area (Å²) in [7, 11) is 1.82. The molecule has 0 spiro atoms. The first-order chi connectivity index (χ1) is 19.3. The van der Waals surface area contributed by atoms with Gasteiger partial charge in [-0.1, -0.05) is 77.1 Å². The maximum atomic E-state index is 14.1. The lowest BCUT2D eigenvalue weighted by Crippen LogP contribution is -2.44. The average molecular weight is 554 g/mol. The van der Waals surface area contributed by atoms with Gasteiger partial charge in [0.2, 0.25) is 0 Å². The van der Waals surface area contributed by atoms with Crippen LogP contribution in [0.5, 0.6) is 0 Å². The maximum Gasteiger partial charge on any atom is 0.260 e. The molecule has 7 nitrogen and oxygen atoms in total. The van der Waals surface area contributed by atoms with E-state index in [1.807, 2.05) is 74.6 Å². The SMILES string of the molecule is CC(C)CC[C@]1(c2ccccc2)NC(=N)N(Cc2ccc(C(C)(C)C)c(C(=O)N(C)C(C)c3ccncc3)c2)C1=O. The van der Waals surface area contributed by atoms with Gasteiger partial charge < -0.3 is 10.2 Å². The number of benzene rings is 2. The molecule has 1 fully saturated rings. The molecule has 41 heavy (non-hydrogen) atoms. The van der Waals surface area contributed by atoms with Crippen molar-refractivity contribution in [1.29, 1.82) is 5.41 Å². The van der Waals surface area contributed by atoms with E-state index in [1.165, 1.54) is 4.90 Å². The summed E-state index contributed by atoms with van der Waals surface area (Å²) < 4.78 is 0. The van der Waals surface area contributed by atoms with Crippen LogP contribution < -0.4 is 5.32 Å². The van der Waals surface area contributed by atoms with E-state index in [2.05, 4.69) is 44.9 Å². The monoisotopic (exact) mass is 553 g/mol. The number of guanidine groups is 1. The summed E-state index contributed by atoms with van der Waals surface area (Å²) in [6.07, 6.45) is 4.91. The lowest BCUT2D eigenvalue weighted by Gasteiger charge is -2.30. The number of nitrogens with zero attached hydrogens (tertiary/aromatic N) is 3. The van der Waals surface area contributed by atoms with Crippen molar-refractivity contribution in [3.05, 3.63) is 101 Å². The van der Waals surface area contributed by atoms with E-state index in [0.29, 0.717) is 17.9 Å². The molecular formula is C34H43N5O2. The third-order valence-electron chi connectivity index (χ3n) is 8.13. The normalized spacial score (nSPS) is 18.0. The van der Waals surface area contributed by atoms with Crippen LogP contribution in [0.1, 0.15) is 93.0 Å². The molecule has 1 aromatic heterocycles. The standard InChI is InChI=1S/C34H43N5O2/c1-23(2)15-18-34(27-11-9-8-10-12-27)31(41)39(32(35)37-34)22-25-13-14-29(33(4,5)6)28(21-25)30(40)38(7)24(3)26-16-19-36-20-17-26/h8-14,16-17,19-21,23-24H,15,18,22H2,1-7H3,(H2,35,37)/t24?,34-/m1/s1. The summed E-state index contributed by atoms with van der Waals surface area (Å²) in [4.78, 5) is 35.4. The molecule has 0 bridgehead atoms. The highest BCUT2D eigenvalue weighted by Crippen LogP contribution is 2.36. The van der Waals surface area contributed by atoms with Crippen LogP contribution in [-0.2, 0) is 22.3 Å². The van der Waals surface area contributed by atoms with Gasteiger partial charge in [-0.25, -0.2) is 0 Å². The number of nitrogens with one attached hydrogen (secondary N) is 2. The molecule has 0 radical (unpaired) electrons. The lowest BCUT2D eigenvalue weighted by molar-refractivity contribution is -0.132. The van der Waals surface area contributed by atoms with Crippen molar-refractivity contribution in [2.24, 2.45) is 5.92 Å². The zero-order valence-electron chi connectivity index (χ0n) is 25.4. The number of hydrogen-bond donors (Lipinski definition) is 2. The summed E-state index contributed by atoms with van der Waals surface area (Å²) in [5, 5.41) is 12.1. The van der Waals surface area contributed by atoms with Gasteiger partial charge >= 0.3 is 0 Å². The Morgan fingerprint density at radius 3 is 2.32 bits per heavy atom. The fraction of sp³-hybridized carbons (Fsp3) is 0.412. The average Bonchev–Trinajstić information content (AvgIpc) is 3.20. The second-order valence-corrected chi connectivity index (χ2v) is 12.6. The number of amides is 2. The molecular weight excluding hydrogens is 510 g/mol. The van der Waals surface area contributed by atoms with Gasteiger partial charge in [0, 0.05) is 25.0 Å². The first kappa shape index (κ1) is 30.0. The third kappa shape index (κ3) is 6.19. The third-order valence-corrected chi connectivity index (χ3v) is 8.13. The summed E-state index contributed by atoms with van der Waals surface area (Å²) in [6.45, 7) is 12.8. The Balaban J connectivity index is 1.67. The van der Waals surface area contributed by atoms with Crippen LogP contribution >= 0.6 is 0 Å². The minimum absolute atomic E-state index is 0.0822. The van der Waals surface area contributed by atoms with Gasteiger partial charge in [0.1, 0.15) is 5.54 Å². The van der Waals surface area contributed by atoms with Gasteiger partial charge in [0.25, 0.3) is 11.8 Å². The molecule has 2 aromatic carbocycles. The van der Waals surface area contributed by atoms with Gasteiger partial charge in [-0.2, -0.15) is 0 Å². The van der Waals surface area contributed by atoms with Crippen molar-refractivity contribution >= 4 is 17.8 Å². The van der Waals surface area contributed by atoms with Crippen molar-refractivity contribution in [3.8, 4) is 0 Å². The molecule has 2 amide bonds. The first-order valence-electron chi connectivity index (χ1n) is 14.4. The zero-order chi connectivity index (χ0) is 29.9. The fourth-order valence-corrected chi connectivity index (χ4v) is 5.48. The summed E-state index contributed by atoms with van der Waals surface area (Å²) >= 11 is 0. The Labute approximate surface area is 244 Å². The van der Waals surface area contributed by atoms with E-state index in [-0.39, 0.29) is 35.8 Å². The topological polar surface area (TPSA) is 89.4 Å². The molecule has 3 aromatic rings. The van der Waals surface area contributed by atoms with Crippen LogP contribution in [-0.4, -0.2) is 39.6 Å². The van der Waals surface area contributed by atoms with Crippen molar-refractivity contribution in [2.75, 3.05) is 7.05 Å². The summed E-state index contributed by atoms with van der Waals surface area (Å²) in [5.74, 6) is 0.278. The van der Waals surface area contributed by atoms with Gasteiger partial charge in [-0.15, -0.1) is 0 Å². The van der Waals surface area contributed by atoms with E-state index >= 15 is 0 Å². The Bertz CT molecular complexity index is 1400. The number of rotatable bonds is 9. The number of pyridine rings is 1. The minimum atomic E-state index is -0.979. The quantitative estimate of drug-likeness (QED) is 0.320. The van der Waals surface area contributed by atoms with E-state index in [9.17, 15) is 9.59 Å². The summed E-state index contributed by atoms with van der Waals surface area (Å²) in [5.41, 5.74) is 2.98. The molecule has 1 aliphatic heterocycles. The number of carbonyl (C=O) groups is 2. The molecule has 7 heteroatoms. The van der Waals surface area contributed by atoms with Crippen molar-refractivity contribution in [2.45, 2.75) is 77.9 Å². The Morgan fingerprint density at radius 2 is 1.71 bits per heavy atom. The molecule has 216 valence electrons. The van der Waals surface area contributed by atoms with E-state index in [0.717, 1.165) is 28.7 Å².